The van der Waals surface area contributed by atoms with Gasteiger partial charge in [0.25, 0.3) is 5.91 Å². The number of anilines is 1. The number of aryl methyl sites for hydroxylation is 2. The second-order valence-electron chi connectivity index (χ2n) is 9.00. The smallest absolute Gasteiger partial charge is 0.271 e. The van der Waals surface area contributed by atoms with Crippen LogP contribution in [0.2, 0.25) is 0 Å². The molecule has 37 heavy (non-hydrogen) atoms. The number of hydrogen-bond acceptors (Lipinski definition) is 4. The highest BCUT2D eigenvalue weighted by atomic mass is 32.2. The highest BCUT2D eigenvalue weighted by Gasteiger charge is 2.18. The van der Waals surface area contributed by atoms with E-state index in [0.29, 0.717) is 11.3 Å². The fourth-order valence-electron chi connectivity index (χ4n) is 4.16. The quantitative estimate of drug-likeness (QED) is 0.261. The van der Waals surface area contributed by atoms with Crippen molar-refractivity contribution in [3.63, 3.8) is 0 Å². The van der Waals surface area contributed by atoms with E-state index in [1.807, 2.05) is 50.2 Å². The Bertz CT molecular complexity index is 1520. The van der Waals surface area contributed by atoms with Crippen LogP contribution in [0.25, 0.3) is 5.69 Å². The zero-order valence-electron chi connectivity index (χ0n) is 21.3. The fourth-order valence-corrected chi connectivity index (χ4v) is 5.05. The first-order chi connectivity index (χ1) is 17.6. The van der Waals surface area contributed by atoms with E-state index in [9.17, 15) is 13.2 Å². The lowest BCUT2D eigenvalue weighted by Crippen LogP contribution is -2.29. The molecule has 0 bridgehead atoms. The standard InChI is InChI=1S/C29H30N4O3S/c1-21-10-14-28(15-11-21)33-22(2)18-26(23(33)3)19-30-31-29(34)25-12-16-27(17-13-25)32(37(4,35)36)20-24-8-6-5-7-9-24/h5-19H,20H2,1-4H3,(H,31,34)/b30-19+. The van der Waals surface area contributed by atoms with Gasteiger partial charge in [0.2, 0.25) is 10.0 Å². The Kier molecular flexibility index (Phi) is 7.59. The zero-order chi connectivity index (χ0) is 26.6. The number of hydrazone groups is 1. The fraction of sp³-hybridized carbons (Fsp3) is 0.172. The van der Waals surface area contributed by atoms with Crippen LogP contribution in [0, 0.1) is 20.8 Å². The van der Waals surface area contributed by atoms with E-state index in [-0.39, 0.29) is 12.5 Å². The van der Waals surface area contributed by atoms with E-state index < -0.39 is 10.0 Å². The largest absolute Gasteiger partial charge is 0.318 e. The lowest BCUT2D eigenvalue weighted by molar-refractivity contribution is 0.0955. The molecule has 190 valence electrons. The summed E-state index contributed by atoms with van der Waals surface area (Å²) in [4.78, 5) is 12.7. The van der Waals surface area contributed by atoms with Gasteiger partial charge in [-0.15, -0.1) is 0 Å². The summed E-state index contributed by atoms with van der Waals surface area (Å²) in [6.45, 7) is 6.30. The molecule has 1 N–H and O–H groups in total. The van der Waals surface area contributed by atoms with Crippen LogP contribution in [0.1, 0.15) is 38.4 Å². The molecule has 8 heteroatoms. The molecule has 0 saturated heterocycles. The number of benzene rings is 3. The van der Waals surface area contributed by atoms with Crippen molar-refractivity contribution in [2.24, 2.45) is 5.10 Å². The minimum Gasteiger partial charge on any atom is -0.318 e. The van der Waals surface area contributed by atoms with Crippen LogP contribution in [-0.2, 0) is 16.6 Å². The van der Waals surface area contributed by atoms with Gasteiger partial charge in [-0.05, 0) is 68.8 Å². The Balaban J connectivity index is 1.46. The van der Waals surface area contributed by atoms with Crippen LogP contribution >= 0.6 is 0 Å². The van der Waals surface area contributed by atoms with Crippen molar-refractivity contribution in [2.45, 2.75) is 27.3 Å². The SMILES string of the molecule is Cc1ccc(-n2c(C)cc(/C=N/NC(=O)c3ccc(N(Cc4ccccc4)S(C)(=O)=O)cc3)c2C)cc1. The van der Waals surface area contributed by atoms with Crippen LogP contribution in [0.5, 0.6) is 0 Å². The lowest BCUT2D eigenvalue weighted by atomic mass is 10.2. The highest BCUT2D eigenvalue weighted by molar-refractivity contribution is 7.92. The van der Waals surface area contributed by atoms with E-state index >= 15 is 0 Å². The topological polar surface area (TPSA) is 83.8 Å². The highest BCUT2D eigenvalue weighted by Crippen LogP contribution is 2.22. The van der Waals surface area contributed by atoms with Gasteiger partial charge >= 0.3 is 0 Å². The second kappa shape index (κ2) is 10.8. The molecule has 4 rings (SSSR count). The van der Waals surface area contributed by atoms with Gasteiger partial charge in [-0.3, -0.25) is 9.10 Å². The summed E-state index contributed by atoms with van der Waals surface area (Å²) in [5, 5.41) is 4.15. The molecule has 4 aromatic rings. The van der Waals surface area contributed by atoms with Crippen molar-refractivity contribution in [1.29, 1.82) is 0 Å². The minimum absolute atomic E-state index is 0.205. The first kappa shape index (κ1) is 25.9. The van der Waals surface area contributed by atoms with Gasteiger partial charge < -0.3 is 4.57 Å². The van der Waals surface area contributed by atoms with E-state index in [4.69, 9.17) is 0 Å². The normalized spacial score (nSPS) is 11.6. The van der Waals surface area contributed by atoms with Crippen LogP contribution in [-0.4, -0.2) is 31.4 Å². The number of rotatable bonds is 8. The summed E-state index contributed by atoms with van der Waals surface area (Å²) in [6.07, 6.45) is 2.80. The van der Waals surface area contributed by atoms with E-state index in [0.717, 1.165) is 28.2 Å². The summed E-state index contributed by atoms with van der Waals surface area (Å²) < 4.78 is 28.3. The van der Waals surface area contributed by atoms with E-state index in [1.54, 1.807) is 30.5 Å². The molecular weight excluding hydrogens is 484 g/mol. The zero-order valence-corrected chi connectivity index (χ0v) is 22.2. The molecule has 7 nitrogen and oxygen atoms in total. The molecule has 0 spiro atoms. The average Bonchev–Trinajstić information content (AvgIpc) is 3.16. The van der Waals surface area contributed by atoms with Crippen LogP contribution < -0.4 is 9.73 Å². The van der Waals surface area contributed by atoms with Gasteiger partial charge in [-0.25, -0.2) is 13.8 Å². The summed E-state index contributed by atoms with van der Waals surface area (Å²) in [5.41, 5.74) is 9.53. The first-order valence-electron chi connectivity index (χ1n) is 11.8. The molecule has 1 heterocycles. The Morgan fingerprint density at radius 3 is 2.22 bits per heavy atom. The van der Waals surface area contributed by atoms with Gasteiger partial charge in [-0.2, -0.15) is 5.10 Å². The third-order valence-corrected chi connectivity index (χ3v) is 7.26. The number of aromatic nitrogens is 1. The van der Waals surface area contributed by atoms with Crippen molar-refractivity contribution >= 4 is 27.8 Å². The molecule has 0 unspecified atom stereocenters. The van der Waals surface area contributed by atoms with Gasteiger partial charge in [-0.1, -0.05) is 48.0 Å². The molecule has 0 aliphatic heterocycles. The van der Waals surface area contributed by atoms with E-state index in [2.05, 4.69) is 46.3 Å². The lowest BCUT2D eigenvalue weighted by Gasteiger charge is -2.22. The van der Waals surface area contributed by atoms with Crippen molar-refractivity contribution in [3.8, 4) is 5.69 Å². The van der Waals surface area contributed by atoms with Gasteiger partial charge in [0, 0.05) is 28.2 Å². The first-order valence-corrected chi connectivity index (χ1v) is 13.7. The van der Waals surface area contributed by atoms with Crippen LogP contribution in [0.15, 0.2) is 90.0 Å². The molecule has 1 amide bonds. The maximum Gasteiger partial charge on any atom is 0.271 e. The predicted molar refractivity (Wildman–Crippen MR) is 149 cm³/mol. The predicted octanol–water partition coefficient (Wildman–Crippen LogP) is 5.13. The van der Waals surface area contributed by atoms with Crippen molar-refractivity contribution < 1.29 is 13.2 Å². The van der Waals surface area contributed by atoms with Crippen molar-refractivity contribution in [3.05, 3.63) is 119 Å². The monoisotopic (exact) mass is 514 g/mol. The summed E-state index contributed by atoms with van der Waals surface area (Å²) >= 11 is 0. The van der Waals surface area contributed by atoms with E-state index in [1.165, 1.54) is 16.1 Å². The molecule has 1 aromatic heterocycles. The summed E-state index contributed by atoms with van der Waals surface area (Å²) in [6, 6.07) is 26.1. The molecule has 0 aliphatic carbocycles. The summed E-state index contributed by atoms with van der Waals surface area (Å²) in [5.74, 6) is -0.385. The third-order valence-electron chi connectivity index (χ3n) is 6.12. The number of nitrogens with zero attached hydrogens (tertiary/aromatic N) is 3. The Morgan fingerprint density at radius 1 is 0.946 bits per heavy atom. The van der Waals surface area contributed by atoms with Gasteiger partial charge in [0.15, 0.2) is 0 Å². The number of nitrogens with one attached hydrogen (secondary N) is 1. The Labute approximate surface area is 218 Å². The number of carbonyl (C=O) groups excluding carboxylic acids is 1. The molecular formula is C29H30N4O3S. The molecule has 0 saturated carbocycles. The maximum atomic E-state index is 12.7. The molecule has 0 radical (unpaired) electrons. The number of carbonyl (C=O) groups is 1. The van der Waals surface area contributed by atoms with Gasteiger partial charge in [0.1, 0.15) is 0 Å². The number of amides is 1. The van der Waals surface area contributed by atoms with Crippen LogP contribution in [0.3, 0.4) is 0 Å². The maximum absolute atomic E-state index is 12.7. The molecule has 3 aromatic carbocycles. The van der Waals surface area contributed by atoms with Gasteiger partial charge in [0.05, 0.1) is 24.7 Å². The Hall–Kier alpha value is -4.17. The molecule has 0 atom stereocenters. The van der Waals surface area contributed by atoms with Crippen LogP contribution in [0.4, 0.5) is 5.69 Å². The second-order valence-corrected chi connectivity index (χ2v) is 10.9. The molecule has 0 aliphatic rings. The van der Waals surface area contributed by atoms with Crippen molar-refractivity contribution in [2.75, 3.05) is 10.6 Å². The minimum atomic E-state index is -3.51. The Morgan fingerprint density at radius 2 is 1.59 bits per heavy atom. The summed E-state index contributed by atoms with van der Waals surface area (Å²) in [7, 11) is -3.51. The third kappa shape index (κ3) is 6.16. The van der Waals surface area contributed by atoms with Crippen molar-refractivity contribution in [1.82, 2.24) is 9.99 Å². The number of sulfonamides is 1. The molecule has 0 fully saturated rings. The number of hydrogen-bond donors (Lipinski definition) is 1. The average molecular weight is 515 g/mol.